The summed E-state index contributed by atoms with van der Waals surface area (Å²) in [5.74, 6) is 0. The van der Waals surface area contributed by atoms with E-state index in [9.17, 15) is 0 Å². The molecule has 1 fully saturated rings. The van der Waals surface area contributed by atoms with Crippen LogP contribution in [-0.4, -0.2) is 43.5 Å². The fourth-order valence-electron chi connectivity index (χ4n) is 1.53. The van der Waals surface area contributed by atoms with E-state index in [1.54, 1.807) is 11.8 Å². The van der Waals surface area contributed by atoms with Gasteiger partial charge in [-0.3, -0.25) is 0 Å². The smallest absolute Gasteiger partial charge is 0.0402 e. The van der Waals surface area contributed by atoms with Crippen molar-refractivity contribution in [1.82, 2.24) is 10.2 Å². The van der Waals surface area contributed by atoms with Crippen LogP contribution in [0.2, 0.25) is 0 Å². The lowest BCUT2D eigenvalue weighted by molar-refractivity contribution is 0.244. The predicted molar refractivity (Wildman–Crippen MR) is 64.0 cm³/mol. The van der Waals surface area contributed by atoms with E-state index in [4.69, 9.17) is 5.41 Å². The van der Waals surface area contributed by atoms with Gasteiger partial charge in [0.2, 0.25) is 0 Å². The minimum absolute atomic E-state index is 0.591. The standard InChI is InChI=1S/C10H19N3S/c1-13-5-3-9(4-6-13)12-8-10(7-11)14-2/h7-9,11-12H,3-6H2,1-2H3/b10-8+,11-7?. The van der Waals surface area contributed by atoms with Crippen molar-refractivity contribution >= 4 is 18.0 Å². The zero-order valence-electron chi connectivity index (χ0n) is 8.92. The Bertz CT molecular complexity index is 207. The van der Waals surface area contributed by atoms with Gasteiger partial charge in [-0.25, -0.2) is 0 Å². The maximum Gasteiger partial charge on any atom is 0.0402 e. The molecular formula is C10H19N3S. The molecule has 2 N–H and O–H groups in total. The van der Waals surface area contributed by atoms with E-state index in [-0.39, 0.29) is 0 Å². The SMILES string of the molecule is CS/C(C=N)=C/NC1CCN(C)CC1. The first kappa shape index (κ1) is 11.6. The summed E-state index contributed by atoms with van der Waals surface area (Å²) in [6, 6.07) is 0.591. The molecule has 3 nitrogen and oxygen atoms in total. The van der Waals surface area contributed by atoms with Crippen molar-refractivity contribution in [2.24, 2.45) is 0 Å². The summed E-state index contributed by atoms with van der Waals surface area (Å²) >= 11 is 1.60. The van der Waals surface area contributed by atoms with Crippen LogP contribution >= 0.6 is 11.8 Å². The van der Waals surface area contributed by atoms with Crippen molar-refractivity contribution in [2.45, 2.75) is 18.9 Å². The van der Waals surface area contributed by atoms with Gasteiger partial charge in [-0.2, -0.15) is 0 Å². The first-order valence-electron chi connectivity index (χ1n) is 4.95. The fourth-order valence-corrected chi connectivity index (χ4v) is 1.84. The number of thioether (sulfide) groups is 1. The molecule has 0 spiro atoms. The Labute approximate surface area is 90.4 Å². The average molecular weight is 213 g/mol. The zero-order valence-corrected chi connectivity index (χ0v) is 9.73. The molecule has 4 heteroatoms. The third kappa shape index (κ3) is 3.72. The molecule has 1 rings (SSSR count). The molecule has 1 aliphatic rings. The van der Waals surface area contributed by atoms with Crippen LogP contribution in [0.3, 0.4) is 0 Å². The van der Waals surface area contributed by atoms with Crippen molar-refractivity contribution in [3.05, 3.63) is 11.1 Å². The predicted octanol–water partition coefficient (Wildman–Crippen LogP) is 1.52. The molecule has 0 bridgehead atoms. The van der Waals surface area contributed by atoms with E-state index >= 15 is 0 Å². The molecule has 0 saturated carbocycles. The van der Waals surface area contributed by atoms with Gasteiger partial charge in [0.05, 0.1) is 0 Å². The number of nitrogens with one attached hydrogen (secondary N) is 2. The van der Waals surface area contributed by atoms with Gasteiger partial charge in [-0.1, -0.05) is 0 Å². The Morgan fingerprint density at radius 3 is 2.64 bits per heavy atom. The molecule has 0 amide bonds. The molecular weight excluding hydrogens is 194 g/mol. The Kier molecular flexibility index (Phi) is 5.04. The minimum atomic E-state index is 0.591. The molecule has 1 aliphatic heterocycles. The topological polar surface area (TPSA) is 39.1 Å². The second kappa shape index (κ2) is 6.09. The number of allylic oxidation sites excluding steroid dienone is 1. The minimum Gasteiger partial charge on any atom is -0.387 e. The summed E-state index contributed by atoms with van der Waals surface area (Å²) in [5, 5.41) is 10.5. The highest BCUT2D eigenvalue weighted by Crippen LogP contribution is 2.10. The first-order chi connectivity index (χ1) is 6.76. The third-order valence-electron chi connectivity index (χ3n) is 2.56. The maximum atomic E-state index is 7.15. The summed E-state index contributed by atoms with van der Waals surface area (Å²) < 4.78 is 0. The van der Waals surface area contributed by atoms with Crippen LogP contribution < -0.4 is 5.32 Å². The average Bonchev–Trinajstić information content (AvgIpc) is 2.22. The normalized spacial score (nSPS) is 20.9. The summed E-state index contributed by atoms with van der Waals surface area (Å²) in [5.41, 5.74) is 0. The van der Waals surface area contributed by atoms with Gasteiger partial charge in [0.1, 0.15) is 0 Å². The van der Waals surface area contributed by atoms with Crippen LogP contribution in [0.4, 0.5) is 0 Å². The van der Waals surface area contributed by atoms with Crippen LogP contribution in [-0.2, 0) is 0 Å². The fraction of sp³-hybridized carbons (Fsp3) is 0.700. The van der Waals surface area contributed by atoms with E-state index in [0.717, 1.165) is 4.91 Å². The van der Waals surface area contributed by atoms with Gasteiger partial charge < -0.3 is 15.6 Å². The van der Waals surface area contributed by atoms with Gasteiger partial charge in [-0.05, 0) is 39.2 Å². The molecule has 1 heterocycles. The molecule has 0 aliphatic carbocycles. The highest BCUT2D eigenvalue weighted by molar-refractivity contribution is 8.03. The summed E-state index contributed by atoms with van der Waals surface area (Å²) in [6.45, 7) is 2.34. The molecule has 80 valence electrons. The number of rotatable bonds is 4. The van der Waals surface area contributed by atoms with Gasteiger partial charge in [0.25, 0.3) is 0 Å². The van der Waals surface area contributed by atoms with Crippen LogP contribution in [0, 0.1) is 5.41 Å². The van der Waals surface area contributed by atoms with Gasteiger partial charge in [-0.15, -0.1) is 11.8 Å². The first-order valence-corrected chi connectivity index (χ1v) is 6.18. The molecule has 0 radical (unpaired) electrons. The molecule has 0 aromatic carbocycles. The van der Waals surface area contributed by atoms with Crippen LogP contribution in [0.15, 0.2) is 11.1 Å². The van der Waals surface area contributed by atoms with Crippen molar-refractivity contribution in [1.29, 1.82) is 5.41 Å². The Balaban J connectivity index is 2.30. The second-order valence-electron chi connectivity index (χ2n) is 3.64. The summed E-state index contributed by atoms with van der Waals surface area (Å²) in [7, 11) is 2.16. The molecule has 0 unspecified atom stereocenters. The second-order valence-corrected chi connectivity index (χ2v) is 4.52. The van der Waals surface area contributed by atoms with Crippen LogP contribution in [0.1, 0.15) is 12.8 Å². The lowest BCUT2D eigenvalue weighted by Crippen LogP contribution is -2.38. The number of piperidine rings is 1. The van der Waals surface area contributed by atoms with Crippen molar-refractivity contribution in [2.75, 3.05) is 26.4 Å². The largest absolute Gasteiger partial charge is 0.387 e. The summed E-state index contributed by atoms with van der Waals surface area (Å²) in [6.07, 6.45) is 7.76. The number of hydrogen-bond acceptors (Lipinski definition) is 4. The van der Waals surface area contributed by atoms with E-state index in [0.29, 0.717) is 6.04 Å². The van der Waals surface area contributed by atoms with Gasteiger partial charge in [0, 0.05) is 23.4 Å². The van der Waals surface area contributed by atoms with Crippen molar-refractivity contribution in [3.8, 4) is 0 Å². The van der Waals surface area contributed by atoms with E-state index in [1.165, 1.54) is 32.1 Å². The van der Waals surface area contributed by atoms with Gasteiger partial charge in [0.15, 0.2) is 0 Å². The Morgan fingerprint density at radius 2 is 2.14 bits per heavy atom. The van der Waals surface area contributed by atoms with Crippen LogP contribution in [0.25, 0.3) is 0 Å². The highest BCUT2D eigenvalue weighted by atomic mass is 32.2. The highest BCUT2D eigenvalue weighted by Gasteiger charge is 2.14. The third-order valence-corrected chi connectivity index (χ3v) is 3.26. The molecule has 0 aromatic heterocycles. The van der Waals surface area contributed by atoms with E-state index < -0.39 is 0 Å². The maximum absolute atomic E-state index is 7.15. The quantitative estimate of drug-likeness (QED) is 0.696. The van der Waals surface area contributed by atoms with Gasteiger partial charge >= 0.3 is 0 Å². The number of likely N-dealkylation sites (tertiary alicyclic amines) is 1. The lowest BCUT2D eigenvalue weighted by atomic mass is 10.1. The molecule has 0 atom stereocenters. The molecule has 14 heavy (non-hydrogen) atoms. The van der Waals surface area contributed by atoms with E-state index in [1.807, 2.05) is 12.5 Å². The van der Waals surface area contributed by atoms with Crippen molar-refractivity contribution < 1.29 is 0 Å². The summed E-state index contributed by atoms with van der Waals surface area (Å²) in [4.78, 5) is 3.34. The Hall–Kier alpha value is -0.480. The van der Waals surface area contributed by atoms with Crippen LogP contribution in [0.5, 0.6) is 0 Å². The molecule has 0 aromatic rings. The Morgan fingerprint density at radius 1 is 1.50 bits per heavy atom. The van der Waals surface area contributed by atoms with Crippen molar-refractivity contribution in [3.63, 3.8) is 0 Å². The zero-order chi connectivity index (χ0) is 10.4. The monoisotopic (exact) mass is 213 g/mol. The number of nitrogens with zero attached hydrogens (tertiary/aromatic N) is 1. The lowest BCUT2D eigenvalue weighted by Gasteiger charge is -2.29. The molecule has 1 saturated heterocycles. The number of hydrogen-bond donors (Lipinski definition) is 2. The van der Waals surface area contributed by atoms with E-state index in [2.05, 4.69) is 17.3 Å².